The van der Waals surface area contributed by atoms with Gasteiger partial charge in [0.15, 0.2) is 6.20 Å². The zero-order valence-corrected chi connectivity index (χ0v) is 25.0. The highest BCUT2D eigenvalue weighted by molar-refractivity contribution is 5.90. The standard InChI is InChI=1S/C32H55N2O5/c1-4-6-7-8-9-10-11-12-13-14-15-16-17-20-23-37-26-30-24-31(39-30)27-38-32(36)34(28(3)35)25-29-21-18-19-22-33(29)5-2/h18-19,21-22,30-31H,4-17,20,23-27H2,1-3H3/q+1/t30-,31+/m0/s1. The molecule has 0 aliphatic carbocycles. The quantitative estimate of drug-likeness (QED) is 0.114. The first-order chi connectivity index (χ1) is 19.0. The smallest absolute Gasteiger partial charge is 0.417 e. The van der Waals surface area contributed by atoms with Crippen molar-refractivity contribution in [2.45, 2.75) is 142 Å². The molecular formula is C32H55N2O5+. The van der Waals surface area contributed by atoms with Gasteiger partial charge in [0.1, 0.15) is 19.7 Å². The minimum atomic E-state index is -0.630. The molecule has 2 amide bonds. The molecule has 0 spiro atoms. The molecule has 1 fully saturated rings. The van der Waals surface area contributed by atoms with Crippen molar-refractivity contribution in [3.63, 3.8) is 0 Å². The lowest BCUT2D eigenvalue weighted by Gasteiger charge is -2.35. The lowest BCUT2D eigenvalue weighted by atomic mass is 10.0. The molecule has 0 saturated carbocycles. The van der Waals surface area contributed by atoms with Crippen LogP contribution in [0.4, 0.5) is 4.79 Å². The molecule has 1 aliphatic rings. The van der Waals surface area contributed by atoms with Crippen molar-refractivity contribution in [1.82, 2.24) is 4.90 Å². The van der Waals surface area contributed by atoms with Gasteiger partial charge in [-0.25, -0.2) is 14.3 Å². The molecule has 2 heterocycles. The molecule has 39 heavy (non-hydrogen) atoms. The summed E-state index contributed by atoms with van der Waals surface area (Å²) < 4.78 is 19.0. The highest BCUT2D eigenvalue weighted by Gasteiger charge is 2.32. The predicted molar refractivity (Wildman–Crippen MR) is 154 cm³/mol. The number of nitrogens with zero attached hydrogens (tertiary/aromatic N) is 2. The first-order valence-corrected chi connectivity index (χ1v) is 15.7. The molecule has 222 valence electrons. The molecule has 7 nitrogen and oxygen atoms in total. The number of amides is 2. The molecule has 0 unspecified atom stereocenters. The molecule has 0 radical (unpaired) electrons. The van der Waals surface area contributed by atoms with E-state index >= 15 is 0 Å². The van der Waals surface area contributed by atoms with Crippen LogP contribution in [0.2, 0.25) is 0 Å². The summed E-state index contributed by atoms with van der Waals surface area (Å²) in [6, 6.07) is 5.73. The minimum absolute atomic E-state index is 0.0667. The molecule has 1 aromatic heterocycles. The van der Waals surface area contributed by atoms with E-state index in [1.165, 1.54) is 90.4 Å². The first-order valence-electron chi connectivity index (χ1n) is 15.7. The second kappa shape index (κ2) is 20.8. The minimum Gasteiger partial charge on any atom is -0.446 e. The van der Waals surface area contributed by atoms with Gasteiger partial charge in [-0.3, -0.25) is 4.79 Å². The third-order valence-electron chi connectivity index (χ3n) is 7.55. The van der Waals surface area contributed by atoms with Gasteiger partial charge < -0.3 is 14.2 Å². The van der Waals surface area contributed by atoms with E-state index in [-0.39, 0.29) is 31.3 Å². The van der Waals surface area contributed by atoms with Crippen LogP contribution < -0.4 is 4.57 Å². The Bertz CT molecular complexity index is 797. The number of imide groups is 1. The molecule has 7 heteroatoms. The number of unbranched alkanes of at least 4 members (excludes halogenated alkanes) is 13. The van der Waals surface area contributed by atoms with Crippen LogP contribution in [-0.4, -0.2) is 48.9 Å². The van der Waals surface area contributed by atoms with Gasteiger partial charge in [-0.2, -0.15) is 0 Å². The lowest BCUT2D eigenvalue weighted by Crippen LogP contribution is -2.46. The summed E-state index contributed by atoms with van der Waals surface area (Å²) in [6.45, 7) is 8.15. The van der Waals surface area contributed by atoms with E-state index in [9.17, 15) is 9.59 Å². The first kappa shape index (κ1) is 33.2. The van der Waals surface area contributed by atoms with Gasteiger partial charge in [0.25, 0.3) is 0 Å². The normalized spacial score (nSPS) is 16.6. The molecule has 1 aromatic rings. The number of rotatable bonds is 22. The summed E-state index contributed by atoms with van der Waals surface area (Å²) in [5, 5.41) is 0. The summed E-state index contributed by atoms with van der Waals surface area (Å²) in [5.74, 6) is -0.337. The third-order valence-corrected chi connectivity index (χ3v) is 7.55. The maximum atomic E-state index is 12.5. The number of ether oxygens (including phenoxy) is 3. The number of aromatic nitrogens is 1. The lowest BCUT2D eigenvalue weighted by molar-refractivity contribution is -0.701. The van der Waals surface area contributed by atoms with E-state index in [4.69, 9.17) is 14.2 Å². The summed E-state index contributed by atoms with van der Waals surface area (Å²) >= 11 is 0. The maximum absolute atomic E-state index is 12.5. The zero-order valence-electron chi connectivity index (χ0n) is 25.0. The van der Waals surface area contributed by atoms with Gasteiger partial charge in [0, 0.05) is 32.1 Å². The summed E-state index contributed by atoms with van der Waals surface area (Å²) in [7, 11) is 0. The van der Waals surface area contributed by atoms with Gasteiger partial charge in [-0.15, -0.1) is 0 Å². The van der Waals surface area contributed by atoms with E-state index in [0.717, 1.165) is 36.6 Å². The van der Waals surface area contributed by atoms with Gasteiger partial charge >= 0.3 is 6.09 Å². The van der Waals surface area contributed by atoms with Gasteiger partial charge in [0.05, 0.1) is 18.8 Å². The predicted octanol–water partition coefficient (Wildman–Crippen LogP) is 7.13. The van der Waals surface area contributed by atoms with Crippen molar-refractivity contribution in [2.24, 2.45) is 0 Å². The largest absolute Gasteiger partial charge is 0.446 e. The zero-order chi connectivity index (χ0) is 28.1. The highest BCUT2D eigenvalue weighted by atomic mass is 16.6. The third kappa shape index (κ3) is 14.3. The fraction of sp³-hybridized carbons (Fsp3) is 0.781. The molecule has 1 aliphatic heterocycles. The Kier molecular flexibility index (Phi) is 17.8. The average molecular weight is 548 g/mol. The van der Waals surface area contributed by atoms with Crippen LogP contribution in [0.3, 0.4) is 0 Å². The fourth-order valence-electron chi connectivity index (χ4n) is 5.05. The van der Waals surface area contributed by atoms with Crippen LogP contribution in [0.5, 0.6) is 0 Å². The van der Waals surface area contributed by atoms with Crippen LogP contribution in [0.15, 0.2) is 24.4 Å². The highest BCUT2D eigenvalue weighted by Crippen LogP contribution is 2.22. The molecule has 0 aromatic carbocycles. The topological polar surface area (TPSA) is 69.0 Å². The Labute approximate surface area is 237 Å². The Morgan fingerprint density at radius 3 is 2.00 bits per heavy atom. The van der Waals surface area contributed by atoms with Crippen LogP contribution in [-0.2, 0) is 32.1 Å². The van der Waals surface area contributed by atoms with E-state index in [1.807, 2.05) is 35.9 Å². The summed E-state index contributed by atoms with van der Waals surface area (Å²) in [6.07, 6.45) is 21.0. The number of aryl methyl sites for hydroxylation is 1. The summed E-state index contributed by atoms with van der Waals surface area (Å²) in [5.41, 5.74) is 0.878. The molecule has 0 N–H and O–H groups in total. The van der Waals surface area contributed by atoms with Crippen LogP contribution in [0.1, 0.15) is 123 Å². The van der Waals surface area contributed by atoms with Crippen molar-refractivity contribution >= 4 is 12.0 Å². The van der Waals surface area contributed by atoms with Crippen molar-refractivity contribution in [3.8, 4) is 0 Å². The SMILES string of the molecule is CCCCCCCCCCCCCCCCOC[C@@H]1C[C@H](COC(=O)N(Cc2cccc[n+]2CC)C(C)=O)O1. The van der Waals surface area contributed by atoms with Gasteiger partial charge in [-0.05, 0) is 13.3 Å². The Hall–Kier alpha value is -1.99. The molecule has 1 saturated heterocycles. The molecule has 2 atom stereocenters. The van der Waals surface area contributed by atoms with Crippen molar-refractivity contribution < 1.29 is 28.4 Å². The monoisotopic (exact) mass is 547 g/mol. The summed E-state index contributed by atoms with van der Waals surface area (Å²) in [4.78, 5) is 25.7. The van der Waals surface area contributed by atoms with Crippen LogP contribution >= 0.6 is 0 Å². The van der Waals surface area contributed by atoms with Gasteiger partial charge in [-0.1, -0.05) is 96.5 Å². The van der Waals surface area contributed by atoms with Gasteiger partial charge in [0.2, 0.25) is 11.6 Å². The number of carbonyl (C=O) groups excluding carboxylic acids is 2. The second-order valence-electron chi connectivity index (χ2n) is 10.9. The number of hydrogen-bond donors (Lipinski definition) is 0. The van der Waals surface area contributed by atoms with E-state index in [0.29, 0.717) is 6.61 Å². The number of carbonyl (C=O) groups is 2. The van der Waals surface area contributed by atoms with E-state index in [2.05, 4.69) is 6.92 Å². The Morgan fingerprint density at radius 2 is 1.44 bits per heavy atom. The fourth-order valence-corrected chi connectivity index (χ4v) is 5.05. The van der Waals surface area contributed by atoms with Crippen molar-refractivity contribution in [1.29, 1.82) is 0 Å². The van der Waals surface area contributed by atoms with Crippen LogP contribution in [0, 0.1) is 0 Å². The molecule has 2 rings (SSSR count). The van der Waals surface area contributed by atoms with Crippen LogP contribution in [0.25, 0.3) is 0 Å². The Balaban J connectivity index is 1.41. The Morgan fingerprint density at radius 1 is 0.872 bits per heavy atom. The second-order valence-corrected chi connectivity index (χ2v) is 10.9. The average Bonchev–Trinajstić information content (AvgIpc) is 2.91. The van der Waals surface area contributed by atoms with Crippen molar-refractivity contribution in [3.05, 3.63) is 30.1 Å². The molecular weight excluding hydrogens is 492 g/mol. The maximum Gasteiger partial charge on any atom is 0.417 e. The number of pyridine rings is 1. The van der Waals surface area contributed by atoms with E-state index < -0.39 is 6.09 Å². The van der Waals surface area contributed by atoms with E-state index in [1.54, 1.807) is 0 Å². The number of hydrogen-bond acceptors (Lipinski definition) is 5. The molecule has 0 bridgehead atoms. The van der Waals surface area contributed by atoms with Crippen molar-refractivity contribution in [2.75, 3.05) is 19.8 Å².